The molecule has 0 saturated heterocycles. The van der Waals surface area contributed by atoms with Crippen molar-refractivity contribution in [3.63, 3.8) is 0 Å². The molecule has 1 saturated carbocycles. The van der Waals surface area contributed by atoms with Crippen molar-refractivity contribution in [3.8, 4) is 0 Å². The van der Waals surface area contributed by atoms with Crippen LogP contribution in [0.5, 0.6) is 0 Å². The molecule has 0 radical (unpaired) electrons. The Morgan fingerprint density at radius 3 is 2.65 bits per heavy atom. The van der Waals surface area contributed by atoms with E-state index in [1.807, 2.05) is 12.2 Å². The van der Waals surface area contributed by atoms with Gasteiger partial charge in [-0.25, -0.2) is 4.79 Å². The van der Waals surface area contributed by atoms with Gasteiger partial charge < -0.3 is 15.2 Å². The highest BCUT2D eigenvalue weighted by Gasteiger charge is 2.51. The molecule has 3 rings (SSSR count). The van der Waals surface area contributed by atoms with Crippen LogP contribution in [0.15, 0.2) is 23.6 Å². The van der Waals surface area contributed by atoms with Crippen molar-refractivity contribution in [3.05, 3.63) is 29.2 Å². The van der Waals surface area contributed by atoms with Gasteiger partial charge in [-0.15, -0.1) is 11.3 Å². The average Bonchev–Trinajstić information content (AvgIpc) is 3.21. The van der Waals surface area contributed by atoms with Crippen LogP contribution in [0.25, 0.3) is 0 Å². The van der Waals surface area contributed by atoms with Crippen molar-refractivity contribution in [1.29, 1.82) is 0 Å². The van der Waals surface area contributed by atoms with Gasteiger partial charge in [-0.05, 0) is 36.6 Å². The first-order valence-electron chi connectivity index (χ1n) is 7.49. The molecule has 4 atom stereocenters. The lowest BCUT2D eigenvalue weighted by atomic mass is 9.82. The van der Waals surface area contributed by atoms with E-state index in [0.717, 1.165) is 0 Å². The van der Waals surface area contributed by atoms with Crippen LogP contribution in [0.1, 0.15) is 23.7 Å². The van der Waals surface area contributed by atoms with Crippen LogP contribution < -0.4 is 5.32 Å². The molecule has 122 valence electrons. The number of carbonyl (C=O) groups excluding carboxylic acids is 2. The Balaban J connectivity index is 1.78. The summed E-state index contributed by atoms with van der Waals surface area (Å²) < 4.78 is 4.95. The molecule has 0 spiro atoms. The zero-order valence-electron chi connectivity index (χ0n) is 12.5. The Morgan fingerprint density at radius 1 is 1.30 bits per heavy atom. The topological polar surface area (TPSA) is 92.7 Å². The second-order valence-electron chi connectivity index (χ2n) is 5.71. The molecule has 1 amide bonds. The Labute approximate surface area is 137 Å². The van der Waals surface area contributed by atoms with E-state index < -0.39 is 23.8 Å². The largest absolute Gasteiger partial charge is 0.481 e. The molecule has 7 heteroatoms. The van der Waals surface area contributed by atoms with Crippen LogP contribution in [-0.4, -0.2) is 29.6 Å². The molecule has 1 heterocycles. The maximum atomic E-state index is 12.6. The van der Waals surface area contributed by atoms with Crippen LogP contribution in [0.3, 0.4) is 0 Å². The number of aliphatic carboxylic acids is 1. The molecular formula is C16H17NO5S. The number of ether oxygens (including phenoxy) is 1. The summed E-state index contributed by atoms with van der Waals surface area (Å²) in [6.45, 7) is 1.96. The zero-order valence-corrected chi connectivity index (χ0v) is 13.3. The average molecular weight is 335 g/mol. The number of rotatable bonds is 5. The summed E-state index contributed by atoms with van der Waals surface area (Å²) in [4.78, 5) is 35.9. The van der Waals surface area contributed by atoms with Crippen LogP contribution in [0.2, 0.25) is 0 Å². The fraction of sp³-hybridized carbons (Fsp3) is 0.438. The highest BCUT2D eigenvalue weighted by molar-refractivity contribution is 7.14. The number of hydrogen-bond donors (Lipinski definition) is 2. The molecule has 2 N–H and O–H groups in total. The summed E-state index contributed by atoms with van der Waals surface area (Å²) in [5.74, 6) is -3.21. The number of fused-ring (bicyclic) bond motifs is 2. The van der Waals surface area contributed by atoms with Crippen molar-refractivity contribution in [2.45, 2.75) is 13.3 Å². The second kappa shape index (κ2) is 6.16. The Kier molecular flexibility index (Phi) is 4.21. The quantitative estimate of drug-likeness (QED) is 0.636. The van der Waals surface area contributed by atoms with Gasteiger partial charge in [-0.2, -0.15) is 0 Å². The van der Waals surface area contributed by atoms with Crippen LogP contribution in [-0.2, 0) is 14.3 Å². The summed E-state index contributed by atoms with van der Waals surface area (Å²) >= 11 is 1.22. The minimum atomic E-state index is -0.946. The van der Waals surface area contributed by atoms with Gasteiger partial charge >= 0.3 is 11.9 Å². The van der Waals surface area contributed by atoms with E-state index in [0.29, 0.717) is 17.0 Å². The minimum Gasteiger partial charge on any atom is -0.481 e. The summed E-state index contributed by atoms with van der Waals surface area (Å²) in [5.41, 5.74) is 0.302. The molecule has 2 aliphatic carbocycles. The Morgan fingerprint density at radius 2 is 2.00 bits per heavy atom. The van der Waals surface area contributed by atoms with Crippen LogP contribution in [0.4, 0.5) is 5.00 Å². The van der Waals surface area contributed by atoms with Gasteiger partial charge in [0.2, 0.25) is 5.91 Å². The third-order valence-electron chi connectivity index (χ3n) is 4.44. The van der Waals surface area contributed by atoms with Crippen LogP contribution >= 0.6 is 11.3 Å². The van der Waals surface area contributed by atoms with Crippen molar-refractivity contribution in [1.82, 2.24) is 0 Å². The smallest absolute Gasteiger partial charge is 0.341 e. The van der Waals surface area contributed by atoms with E-state index in [9.17, 15) is 19.5 Å². The van der Waals surface area contributed by atoms with Gasteiger partial charge in [0.1, 0.15) is 5.00 Å². The van der Waals surface area contributed by atoms with Crippen LogP contribution in [0, 0.1) is 23.7 Å². The number of carboxylic acids is 1. The highest BCUT2D eigenvalue weighted by atomic mass is 32.1. The third-order valence-corrected chi connectivity index (χ3v) is 5.27. The molecule has 0 aromatic carbocycles. The van der Waals surface area contributed by atoms with Gasteiger partial charge in [-0.1, -0.05) is 12.2 Å². The first kappa shape index (κ1) is 15.7. The first-order chi connectivity index (χ1) is 11.0. The molecule has 1 fully saturated rings. The number of nitrogens with one attached hydrogen (secondary N) is 1. The fourth-order valence-corrected chi connectivity index (χ4v) is 4.27. The van der Waals surface area contributed by atoms with Crippen molar-refractivity contribution >= 4 is 34.2 Å². The van der Waals surface area contributed by atoms with E-state index in [-0.39, 0.29) is 24.3 Å². The van der Waals surface area contributed by atoms with Gasteiger partial charge in [0.15, 0.2) is 0 Å². The zero-order chi connectivity index (χ0) is 16.6. The standard InChI is InChI=1S/C16H17NO5S/c1-2-22-16(21)10-5-6-23-14(10)17-13(18)11-8-3-4-9(7-8)12(11)15(19)20/h3-6,8-9,11-12H,2,7H2,1H3,(H,17,18)(H,19,20)/t8-,9+,11+,12+/m1/s1. The number of allylic oxidation sites excluding steroid dienone is 2. The summed E-state index contributed by atoms with van der Waals surface area (Å²) in [6.07, 6.45) is 4.52. The maximum absolute atomic E-state index is 12.6. The number of carboxylic acid groups (broad SMARTS) is 1. The van der Waals surface area contributed by atoms with Crippen molar-refractivity contribution in [2.24, 2.45) is 23.7 Å². The third kappa shape index (κ3) is 2.76. The fourth-order valence-electron chi connectivity index (χ4n) is 3.49. The summed E-state index contributed by atoms with van der Waals surface area (Å²) in [6, 6.07) is 1.59. The number of carbonyl (C=O) groups is 3. The van der Waals surface area contributed by atoms with Crippen molar-refractivity contribution < 1.29 is 24.2 Å². The molecule has 0 aliphatic heterocycles. The predicted molar refractivity (Wildman–Crippen MR) is 84.3 cm³/mol. The minimum absolute atomic E-state index is 0.0490. The van der Waals surface area contributed by atoms with E-state index in [1.165, 1.54) is 11.3 Å². The van der Waals surface area contributed by atoms with Gasteiger partial charge in [0, 0.05) is 0 Å². The summed E-state index contributed by atoms with van der Waals surface area (Å²) in [5, 5.41) is 14.2. The molecule has 1 aromatic rings. The second-order valence-corrected chi connectivity index (χ2v) is 6.63. The lowest BCUT2D eigenvalue weighted by Crippen LogP contribution is -2.36. The molecular weight excluding hydrogens is 318 g/mol. The van der Waals surface area contributed by atoms with Gasteiger partial charge in [0.25, 0.3) is 0 Å². The summed E-state index contributed by atoms with van der Waals surface area (Å²) in [7, 11) is 0. The number of esters is 1. The normalized spacial score (nSPS) is 27.9. The molecule has 2 aliphatic rings. The van der Waals surface area contributed by atoms with E-state index >= 15 is 0 Å². The molecule has 1 aromatic heterocycles. The van der Waals surface area contributed by atoms with Gasteiger partial charge in [-0.3, -0.25) is 9.59 Å². The molecule has 23 heavy (non-hydrogen) atoms. The van der Waals surface area contributed by atoms with Gasteiger partial charge in [0.05, 0.1) is 24.0 Å². The lowest BCUT2D eigenvalue weighted by Gasteiger charge is -2.23. The lowest BCUT2D eigenvalue weighted by molar-refractivity contribution is -0.146. The van der Waals surface area contributed by atoms with E-state index in [2.05, 4.69) is 5.32 Å². The van der Waals surface area contributed by atoms with E-state index in [4.69, 9.17) is 4.74 Å². The van der Waals surface area contributed by atoms with Crippen molar-refractivity contribution in [2.75, 3.05) is 11.9 Å². The molecule has 2 bridgehead atoms. The Hall–Kier alpha value is -2.15. The number of amides is 1. The predicted octanol–water partition coefficient (Wildman–Crippen LogP) is 2.39. The highest BCUT2D eigenvalue weighted by Crippen LogP contribution is 2.48. The Bertz CT molecular complexity index is 680. The first-order valence-corrected chi connectivity index (χ1v) is 8.37. The SMILES string of the molecule is CCOC(=O)c1ccsc1NC(=O)[C@@H]1[C@@H](C(=O)O)[C@H]2C=C[C@@H]1C2. The monoisotopic (exact) mass is 335 g/mol. The number of anilines is 1. The maximum Gasteiger partial charge on any atom is 0.341 e. The molecule has 0 unspecified atom stereocenters. The number of thiophene rings is 1. The molecule has 6 nitrogen and oxygen atoms in total. The van der Waals surface area contributed by atoms with E-state index in [1.54, 1.807) is 18.4 Å². The number of hydrogen-bond acceptors (Lipinski definition) is 5.